The number of anilines is 1. The second-order valence-corrected chi connectivity index (χ2v) is 5.02. The Bertz CT molecular complexity index is 679. The van der Waals surface area contributed by atoms with E-state index in [9.17, 15) is 9.59 Å². The van der Waals surface area contributed by atoms with Crippen molar-refractivity contribution in [2.75, 3.05) is 5.32 Å². The number of halogens is 1. The van der Waals surface area contributed by atoms with E-state index in [1.807, 2.05) is 13.0 Å². The highest BCUT2D eigenvalue weighted by atomic mass is 35.5. The number of hydrogen-bond donors (Lipinski definition) is 2. The van der Waals surface area contributed by atoms with Crippen molar-refractivity contribution in [3.05, 3.63) is 52.4 Å². The Morgan fingerprint density at radius 3 is 2.57 bits per heavy atom. The molecular formula is C15H15ClN2O3. The van der Waals surface area contributed by atoms with Crippen LogP contribution < -0.4 is 10.6 Å². The van der Waals surface area contributed by atoms with Crippen LogP contribution in [0.15, 0.2) is 34.7 Å². The molecule has 0 bridgehead atoms. The molecule has 0 atom stereocenters. The van der Waals surface area contributed by atoms with Gasteiger partial charge in [-0.25, -0.2) is 0 Å². The van der Waals surface area contributed by atoms with Crippen molar-refractivity contribution in [3.8, 4) is 0 Å². The minimum atomic E-state index is -0.741. The quantitative estimate of drug-likeness (QED) is 0.857. The van der Waals surface area contributed by atoms with E-state index in [1.165, 1.54) is 0 Å². The molecule has 0 radical (unpaired) electrons. The van der Waals surface area contributed by atoms with Crippen LogP contribution in [-0.4, -0.2) is 11.8 Å². The molecule has 0 saturated carbocycles. The smallest absolute Gasteiger partial charge is 0.313 e. The summed E-state index contributed by atoms with van der Waals surface area (Å²) in [6.45, 7) is 3.87. The molecule has 2 N–H and O–H groups in total. The van der Waals surface area contributed by atoms with Gasteiger partial charge in [-0.05, 0) is 38.1 Å². The SMILES string of the molecule is Cc1cc(CNC(=O)C(=O)Nc2cccc(Cl)c2)c(C)o1. The van der Waals surface area contributed by atoms with E-state index in [1.54, 1.807) is 31.2 Å². The van der Waals surface area contributed by atoms with Crippen LogP contribution in [0, 0.1) is 13.8 Å². The molecule has 1 aromatic heterocycles. The normalized spacial score (nSPS) is 10.2. The van der Waals surface area contributed by atoms with E-state index < -0.39 is 11.8 Å². The summed E-state index contributed by atoms with van der Waals surface area (Å²) >= 11 is 5.81. The first-order valence-corrected chi connectivity index (χ1v) is 6.74. The minimum absolute atomic E-state index is 0.241. The fourth-order valence-electron chi connectivity index (χ4n) is 1.87. The van der Waals surface area contributed by atoms with E-state index in [0.29, 0.717) is 10.7 Å². The topological polar surface area (TPSA) is 71.3 Å². The summed E-state index contributed by atoms with van der Waals surface area (Å²) < 4.78 is 5.35. The number of rotatable bonds is 3. The van der Waals surface area contributed by atoms with Crippen molar-refractivity contribution in [1.29, 1.82) is 0 Å². The first-order valence-electron chi connectivity index (χ1n) is 6.36. The van der Waals surface area contributed by atoms with E-state index in [-0.39, 0.29) is 6.54 Å². The third-order valence-corrected chi connectivity index (χ3v) is 3.11. The molecule has 5 nitrogen and oxygen atoms in total. The van der Waals surface area contributed by atoms with Gasteiger partial charge in [0.15, 0.2) is 0 Å². The van der Waals surface area contributed by atoms with Crippen LogP contribution in [0.1, 0.15) is 17.1 Å². The third-order valence-electron chi connectivity index (χ3n) is 2.87. The predicted octanol–water partition coefficient (Wildman–Crippen LogP) is 2.80. The van der Waals surface area contributed by atoms with Gasteiger partial charge in [-0.3, -0.25) is 9.59 Å². The average Bonchev–Trinajstić information content (AvgIpc) is 2.74. The summed E-state index contributed by atoms with van der Waals surface area (Å²) in [6, 6.07) is 8.41. The van der Waals surface area contributed by atoms with E-state index in [2.05, 4.69) is 10.6 Å². The Morgan fingerprint density at radius 2 is 1.95 bits per heavy atom. The molecule has 0 saturated heterocycles. The summed E-state index contributed by atoms with van der Waals surface area (Å²) in [7, 11) is 0. The number of benzene rings is 1. The zero-order chi connectivity index (χ0) is 15.4. The van der Waals surface area contributed by atoms with Crippen molar-refractivity contribution in [3.63, 3.8) is 0 Å². The zero-order valence-electron chi connectivity index (χ0n) is 11.7. The van der Waals surface area contributed by atoms with Gasteiger partial charge in [-0.2, -0.15) is 0 Å². The van der Waals surface area contributed by atoms with Gasteiger partial charge in [-0.1, -0.05) is 17.7 Å². The molecule has 0 aliphatic heterocycles. The summed E-state index contributed by atoms with van der Waals surface area (Å²) in [5.74, 6) is 0.0338. The maximum atomic E-state index is 11.7. The van der Waals surface area contributed by atoms with Gasteiger partial charge < -0.3 is 15.1 Å². The lowest BCUT2D eigenvalue weighted by molar-refractivity contribution is -0.136. The second-order valence-electron chi connectivity index (χ2n) is 4.59. The first kappa shape index (κ1) is 15.1. The van der Waals surface area contributed by atoms with E-state index in [4.69, 9.17) is 16.0 Å². The number of nitrogens with one attached hydrogen (secondary N) is 2. The number of hydrogen-bond acceptors (Lipinski definition) is 3. The molecular weight excluding hydrogens is 292 g/mol. The number of amides is 2. The van der Waals surface area contributed by atoms with E-state index in [0.717, 1.165) is 17.1 Å². The lowest BCUT2D eigenvalue weighted by Crippen LogP contribution is -2.35. The molecule has 2 rings (SSSR count). The standard InChI is InChI=1S/C15H15ClN2O3/c1-9-6-11(10(2)21-9)8-17-14(19)15(20)18-13-5-3-4-12(16)7-13/h3-7H,8H2,1-2H3,(H,17,19)(H,18,20). The molecule has 2 amide bonds. The Morgan fingerprint density at radius 1 is 1.19 bits per heavy atom. The molecule has 1 aromatic carbocycles. The zero-order valence-corrected chi connectivity index (χ0v) is 12.5. The van der Waals surface area contributed by atoms with Crippen LogP contribution in [0.3, 0.4) is 0 Å². The highest BCUT2D eigenvalue weighted by Gasteiger charge is 2.14. The number of aryl methyl sites for hydroxylation is 2. The maximum Gasteiger partial charge on any atom is 0.313 e. The van der Waals surface area contributed by atoms with Gasteiger partial charge in [0.05, 0.1) is 0 Å². The van der Waals surface area contributed by atoms with Crippen molar-refractivity contribution >= 4 is 29.1 Å². The van der Waals surface area contributed by atoms with Crippen LogP contribution in [0.5, 0.6) is 0 Å². The summed E-state index contributed by atoms with van der Waals surface area (Å²) in [6.07, 6.45) is 0. The largest absolute Gasteiger partial charge is 0.466 e. The van der Waals surface area contributed by atoms with Gasteiger partial charge in [0.2, 0.25) is 0 Å². The lowest BCUT2D eigenvalue weighted by atomic mass is 10.2. The fraction of sp³-hybridized carbons (Fsp3) is 0.200. The van der Waals surface area contributed by atoms with Crippen molar-refractivity contribution in [2.45, 2.75) is 20.4 Å². The molecule has 2 aromatic rings. The van der Waals surface area contributed by atoms with Gasteiger partial charge in [0.1, 0.15) is 11.5 Å². The van der Waals surface area contributed by atoms with Crippen LogP contribution in [0.4, 0.5) is 5.69 Å². The van der Waals surface area contributed by atoms with Crippen LogP contribution >= 0.6 is 11.6 Å². The summed E-state index contributed by atoms with van der Waals surface area (Å²) in [5, 5.41) is 5.51. The number of carbonyl (C=O) groups is 2. The fourth-order valence-corrected chi connectivity index (χ4v) is 2.06. The Labute approximate surface area is 127 Å². The molecule has 6 heteroatoms. The summed E-state index contributed by atoms with van der Waals surface area (Å²) in [4.78, 5) is 23.5. The highest BCUT2D eigenvalue weighted by Crippen LogP contribution is 2.15. The second kappa shape index (κ2) is 6.45. The summed E-state index contributed by atoms with van der Waals surface area (Å²) in [5.41, 5.74) is 1.31. The molecule has 0 spiro atoms. The van der Waals surface area contributed by atoms with Crippen molar-refractivity contribution in [2.24, 2.45) is 0 Å². The van der Waals surface area contributed by atoms with Crippen molar-refractivity contribution in [1.82, 2.24) is 5.32 Å². The van der Waals surface area contributed by atoms with Gasteiger partial charge >= 0.3 is 11.8 Å². The molecule has 0 unspecified atom stereocenters. The molecule has 110 valence electrons. The number of furan rings is 1. The molecule has 0 aliphatic rings. The van der Waals surface area contributed by atoms with Gasteiger partial charge in [0, 0.05) is 22.8 Å². The Kier molecular flexibility index (Phi) is 4.65. The molecule has 1 heterocycles. The maximum absolute atomic E-state index is 11.7. The first-order chi connectivity index (χ1) is 9.95. The van der Waals surface area contributed by atoms with Gasteiger partial charge in [0.25, 0.3) is 0 Å². The minimum Gasteiger partial charge on any atom is -0.466 e. The predicted molar refractivity (Wildman–Crippen MR) is 80.1 cm³/mol. The Hall–Kier alpha value is -2.27. The monoisotopic (exact) mass is 306 g/mol. The molecule has 0 aliphatic carbocycles. The highest BCUT2D eigenvalue weighted by molar-refractivity contribution is 6.39. The molecule has 21 heavy (non-hydrogen) atoms. The van der Waals surface area contributed by atoms with Crippen molar-refractivity contribution < 1.29 is 14.0 Å². The Balaban J connectivity index is 1.91. The number of carbonyl (C=O) groups excluding carboxylic acids is 2. The van der Waals surface area contributed by atoms with Crippen LogP contribution in [0.25, 0.3) is 0 Å². The van der Waals surface area contributed by atoms with Crippen LogP contribution in [-0.2, 0) is 16.1 Å². The lowest BCUT2D eigenvalue weighted by Gasteiger charge is -2.06. The van der Waals surface area contributed by atoms with E-state index >= 15 is 0 Å². The third kappa shape index (κ3) is 4.10. The molecule has 0 fully saturated rings. The van der Waals surface area contributed by atoms with Gasteiger partial charge in [-0.15, -0.1) is 0 Å². The average molecular weight is 307 g/mol. The van der Waals surface area contributed by atoms with Crippen LogP contribution in [0.2, 0.25) is 5.02 Å².